The number of carbonyl (C=O) groups is 2. The van der Waals surface area contributed by atoms with Crippen LogP contribution in [0.25, 0.3) is 0 Å². The summed E-state index contributed by atoms with van der Waals surface area (Å²) >= 11 is 0. The molecule has 0 aromatic carbocycles. The van der Waals surface area contributed by atoms with Crippen LogP contribution in [0.15, 0.2) is 18.5 Å². The van der Waals surface area contributed by atoms with Gasteiger partial charge in [0.15, 0.2) is 0 Å². The van der Waals surface area contributed by atoms with Crippen LogP contribution in [-0.2, 0) is 9.59 Å². The lowest BCUT2D eigenvalue weighted by molar-refractivity contribution is -0.146. The van der Waals surface area contributed by atoms with Crippen molar-refractivity contribution in [2.75, 3.05) is 13.1 Å². The van der Waals surface area contributed by atoms with E-state index in [1.54, 1.807) is 35.0 Å². The lowest BCUT2D eigenvalue weighted by Crippen LogP contribution is -2.43. The van der Waals surface area contributed by atoms with Crippen molar-refractivity contribution in [2.24, 2.45) is 5.92 Å². The monoisotopic (exact) mass is 251 g/mol. The van der Waals surface area contributed by atoms with E-state index in [4.69, 9.17) is 5.11 Å². The predicted octanol–water partition coefficient (Wildman–Crippen LogP) is 0.767. The average Bonchev–Trinajstić information content (AvgIpc) is 2.91. The second-order valence-electron chi connectivity index (χ2n) is 4.60. The molecule has 0 spiro atoms. The standard InChI is InChI=1S/C12H17N3O3/c1-9(15-6-2-5-13-15)11(16)14-7-3-10(4-8-14)12(17)18/h2,5-6,9-10H,3-4,7-8H2,1H3,(H,17,18). The third kappa shape index (κ3) is 2.52. The van der Waals surface area contributed by atoms with Gasteiger partial charge in [-0.2, -0.15) is 5.10 Å². The Morgan fingerprint density at radius 3 is 2.56 bits per heavy atom. The van der Waals surface area contributed by atoms with Gasteiger partial charge in [-0.1, -0.05) is 0 Å². The smallest absolute Gasteiger partial charge is 0.306 e. The Hall–Kier alpha value is -1.85. The van der Waals surface area contributed by atoms with Gasteiger partial charge in [0.2, 0.25) is 5.91 Å². The van der Waals surface area contributed by atoms with Crippen LogP contribution in [0.1, 0.15) is 25.8 Å². The zero-order chi connectivity index (χ0) is 13.1. The van der Waals surface area contributed by atoms with Crippen molar-refractivity contribution >= 4 is 11.9 Å². The zero-order valence-corrected chi connectivity index (χ0v) is 10.3. The highest BCUT2D eigenvalue weighted by atomic mass is 16.4. The highest BCUT2D eigenvalue weighted by Gasteiger charge is 2.29. The molecule has 1 aliphatic heterocycles. The maximum atomic E-state index is 12.2. The van der Waals surface area contributed by atoms with Gasteiger partial charge in [0.05, 0.1) is 5.92 Å². The molecule has 0 radical (unpaired) electrons. The minimum absolute atomic E-state index is 0.00235. The second-order valence-corrected chi connectivity index (χ2v) is 4.60. The average molecular weight is 251 g/mol. The number of nitrogens with zero attached hydrogens (tertiary/aromatic N) is 3. The number of carboxylic acids is 1. The highest BCUT2D eigenvalue weighted by molar-refractivity contribution is 5.80. The van der Waals surface area contributed by atoms with E-state index in [9.17, 15) is 9.59 Å². The summed E-state index contributed by atoms with van der Waals surface area (Å²) in [5.41, 5.74) is 0. The molecule has 1 fully saturated rings. The fourth-order valence-corrected chi connectivity index (χ4v) is 2.23. The Balaban J connectivity index is 1.93. The number of hydrogen-bond acceptors (Lipinski definition) is 3. The molecule has 1 aliphatic rings. The summed E-state index contributed by atoms with van der Waals surface area (Å²) in [6, 6.07) is 1.45. The number of aliphatic carboxylic acids is 1. The topological polar surface area (TPSA) is 75.4 Å². The number of rotatable bonds is 3. The molecule has 0 aliphatic carbocycles. The summed E-state index contributed by atoms with van der Waals surface area (Å²) in [6.45, 7) is 2.83. The first-order valence-electron chi connectivity index (χ1n) is 6.10. The predicted molar refractivity (Wildman–Crippen MR) is 63.9 cm³/mol. The molecule has 0 saturated carbocycles. The maximum absolute atomic E-state index is 12.2. The Labute approximate surface area is 105 Å². The molecule has 98 valence electrons. The number of carbonyl (C=O) groups excluding carboxylic acids is 1. The molecule has 1 saturated heterocycles. The molecule has 6 nitrogen and oxygen atoms in total. The molecule has 1 atom stereocenters. The van der Waals surface area contributed by atoms with E-state index in [-0.39, 0.29) is 17.9 Å². The van der Waals surface area contributed by atoms with Gasteiger partial charge in [-0.25, -0.2) is 0 Å². The summed E-state index contributed by atoms with van der Waals surface area (Å²) in [5.74, 6) is -1.07. The Kier molecular flexibility index (Phi) is 3.64. The molecule has 1 amide bonds. The van der Waals surface area contributed by atoms with E-state index < -0.39 is 5.97 Å². The molecule has 1 aromatic heterocycles. The van der Waals surface area contributed by atoms with E-state index >= 15 is 0 Å². The number of piperidine rings is 1. The molecule has 18 heavy (non-hydrogen) atoms. The summed E-state index contributed by atoms with van der Waals surface area (Å²) in [4.78, 5) is 24.8. The van der Waals surface area contributed by atoms with Crippen LogP contribution in [0.3, 0.4) is 0 Å². The van der Waals surface area contributed by atoms with E-state index in [2.05, 4.69) is 5.10 Å². The molecule has 6 heteroatoms. The van der Waals surface area contributed by atoms with Crippen LogP contribution in [0.2, 0.25) is 0 Å². The Bertz CT molecular complexity index is 422. The number of likely N-dealkylation sites (tertiary alicyclic amines) is 1. The minimum Gasteiger partial charge on any atom is -0.481 e. The van der Waals surface area contributed by atoms with Gasteiger partial charge < -0.3 is 10.0 Å². The van der Waals surface area contributed by atoms with Gasteiger partial charge in [0.25, 0.3) is 0 Å². The van der Waals surface area contributed by atoms with Crippen molar-refractivity contribution in [1.82, 2.24) is 14.7 Å². The van der Waals surface area contributed by atoms with Gasteiger partial charge >= 0.3 is 5.97 Å². The number of amides is 1. The van der Waals surface area contributed by atoms with Crippen LogP contribution < -0.4 is 0 Å². The lowest BCUT2D eigenvalue weighted by atomic mass is 9.97. The quantitative estimate of drug-likeness (QED) is 0.860. The maximum Gasteiger partial charge on any atom is 0.306 e. The van der Waals surface area contributed by atoms with Gasteiger partial charge in [0.1, 0.15) is 6.04 Å². The van der Waals surface area contributed by atoms with Gasteiger partial charge in [-0.3, -0.25) is 14.3 Å². The minimum atomic E-state index is -0.762. The van der Waals surface area contributed by atoms with Crippen LogP contribution in [0.5, 0.6) is 0 Å². The highest BCUT2D eigenvalue weighted by Crippen LogP contribution is 2.20. The van der Waals surface area contributed by atoms with E-state index in [0.717, 1.165) is 0 Å². The molecule has 2 rings (SSSR count). The third-order valence-electron chi connectivity index (χ3n) is 3.43. The summed E-state index contributed by atoms with van der Waals surface area (Å²) in [6.07, 6.45) is 4.47. The van der Waals surface area contributed by atoms with Crippen molar-refractivity contribution in [3.05, 3.63) is 18.5 Å². The number of carboxylic acid groups (broad SMARTS) is 1. The van der Waals surface area contributed by atoms with Crippen LogP contribution in [0.4, 0.5) is 0 Å². The molecule has 0 bridgehead atoms. The summed E-state index contributed by atoms with van der Waals surface area (Å²) in [5, 5.41) is 13.0. The molecule has 1 N–H and O–H groups in total. The van der Waals surface area contributed by atoms with Crippen molar-refractivity contribution < 1.29 is 14.7 Å². The molecular formula is C12H17N3O3. The zero-order valence-electron chi connectivity index (χ0n) is 10.3. The molecular weight excluding hydrogens is 234 g/mol. The van der Waals surface area contributed by atoms with Crippen molar-refractivity contribution in [3.63, 3.8) is 0 Å². The summed E-state index contributed by atoms with van der Waals surface area (Å²) in [7, 11) is 0. The second kappa shape index (κ2) is 5.20. The summed E-state index contributed by atoms with van der Waals surface area (Å²) < 4.78 is 1.62. The van der Waals surface area contributed by atoms with E-state index in [1.807, 2.05) is 0 Å². The fourth-order valence-electron chi connectivity index (χ4n) is 2.23. The van der Waals surface area contributed by atoms with E-state index in [1.165, 1.54) is 0 Å². The molecule has 1 unspecified atom stereocenters. The van der Waals surface area contributed by atoms with E-state index in [0.29, 0.717) is 25.9 Å². The van der Waals surface area contributed by atoms with Gasteiger partial charge in [-0.15, -0.1) is 0 Å². The van der Waals surface area contributed by atoms with Gasteiger partial charge in [-0.05, 0) is 25.8 Å². The first-order chi connectivity index (χ1) is 8.59. The first-order valence-corrected chi connectivity index (χ1v) is 6.10. The van der Waals surface area contributed by atoms with Crippen molar-refractivity contribution in [1.29, 1.82) is 0 Å². The third-order valence-corrected chi connectivity index (χ3v) is 3.43. The van der Waals surface area contributed by atoms with Crippen LogP contribution >= 0.6 is 0 Å². The largest absolute Gasteiger partial charge is 0.481 e. The molecule has 2 heterocycles. The van der Waals surface area contributed by atoms with Crippen LogP contribution in [0, 0.1) is 5.92 Å². The van der Waals surface area contributed by atoms with Crippen molar-refractivity contribution in [2.45, 2.75) is 25.8 Å². The normalized spacial score (nSPS) is 18.6. The van der Waals surface area contributed by atoms with Crippen molar-refractivity contribution in [3.8, 4) is 0 Å². The SMILES string of the molecule is CC(C(=O)N1CCC(C(=O)O)CC1)n1cccn1. The Morgan fingerprint density at radius 1 is 1.39 bits per heavy atom. The van der Waals surface area contributed by atoms with Crippen LogP contribution in [-0.4, -0.2) is 44.8 Å². The van der Waals surface area contributed by atoms with Gasteiger partial charge in [0, 0.05) is 25.5 Å². The Morgan fingerprint density at radius 2 is 2.06 bits per heavy atom. The fraction of sp³-hybridized carbons (Fsp3) is 0.583. The number of aromatic nitrogens is 2. The first kappa shape index (κ1) is 12.6. The lowest BCUT2D eigenvalue weighted by Gasteiger charge is -2.32. The number of hydrogen-bond donors (Lipinski definition) is 1. The molecule has 1 aromatic rings.